The highest BCUT2D eigenvalue weighted by molar-refractivity contribution is 8.14. The maximum absolute atomic E-state index is 13.3. The Bertz CT molecular complexity index is 520. The van der Waals surface area contributed by atoms with Crippen LogP contribution < -0.4 is 0 Å². The zero-order valence-electron chi connectivity index (χ0n) is 9.80. The Morgan fingerprint density at radius 1 is 1.39 bits per heavy atom. The van der Waals surface area contributed by atoms with Crippen LogP contribution in [-0.4, -0.2) is 28.4 Å². The van der Waals surface area contributed by atoms with Crippen LogP contribution in [0.1, 0.15) is 23.6 Å². The minimum absolute atomic E-state index is 0. The van der Waals surface area contributed by atoms with Gasteiger partial charge in [0.1, 0.15) is 5.82 Å². The Morgan fingerprint density at radius 2 is 2.28 bits per heavy atom. The summed E-state index contributed by atoms with van der Waals surface area (Å²) in [5.41, 5.74) is 2.48. The van der Waals surface area contributed by atoms with Crippen molar-refractivity contribution in [2.75, 3.05) is 12.3 Å². The quantitative estimate of drug-likeness (QED) is 0.728. The van der Waals surface area contributed by atoms with Gasteiger partial charge < -0.3 is 4.90 Å². The SMILES string of the molecule is Cl.Fc1ccc2c(c1)CC[C@H]1N=C3SCCN3[C@H]21. The van der Waals surface area contributed by atoms with Gasteiger partial charge in [-0.25, -0.2) is 4.39 Å². The van der Waals surface area contributed by atoms with E-state index in [0.717, 1.165) is 25.1 Å². The second kappa shape index (κ2) is 4.42. The lowest BCUT2D eigenvalue weighted by atomic mass is 9.84. The van der Waals surface area contributed by atoms with Crippen LogP contribution in [0.4, 0.5) is 4.39 Å². The molecule has 0 radical (unpaired) electrons. The average molecular weight is 285 g/mol. The van der Waals surface area contributed by atoms with Crippen molar-refractivity contribution in [2.45, 2.75) is 24.9 Å². The summed E-state index contributed by atoms with van der Waals surface area (Å²) in [7, 11) is 0. The number of aryl methyl sites for hydroxylation is 1. The first kappa shape index (κ1) is 12.3. The Kier molecular flexibility index (Phi) is 3.02. The number of benzene rings is 1. The van der Waals surface area contributed by atoms with Crippen LogP contribution in [0.15, 0.2) is 23.2 Å². The van der Waals surface area contributed by atoms with Gasteiger partial charge in [0, 0.05) is 12.3 Å². The van der Waals surface area contributed by atoms with Crippen molar-refractivity contribution in [3.63, 3.8) is 0 Å². The van der Waals surface area contributed by atoms with Gasteiger partial charge in [0.05, 0.1) is 12.1 Å². The Balaban J connectivity index is 0.000001000. The summed E-state index contributed by atoms with van der Waals surface area (Å²) in [5, 5.41) is 1.21. The molecule has 1 aromatic rings. The second-order valence-electron chi connectivity index (χ2n) is 4.85. The third-order valence-corrected chi connectivity index (χ3v) is 4.90. The zero-order chi connectivity index (χ0) is 11.4. The van der Waals surface area contributed by atoms with E-state index in [1.165, 1.54) is 16.3 Å². The van der Waals surface area contributed by atoms with E-state index in [4.69, 9.17) is 4.99 Å². The molecule has 0 aromatic heterocycles. The van der Waals surface area contributed by atoms with Crippen LogP contribution in [-0.2, 0) is 6.42 Å². The van der Waals surface area contributed by atoms with E-state index in [1.54, 1.807) is 12.1 Å². The lowest BCUT2D eigenvalue weighted by molar-refractivity contribution is 0.308. The fourth-order valence-electron chi connectivity index (χ4n) is 3.18. The van der Waals surface area contributed by atoms with Crippen LogP contribution in [0.2, 0.25) is 0 Å². The molecular weight excluding hydrogens is 271 g/mol. The Labute approximate surface area is 116 Å². The molecule has 2 atom stereocenters. The summed E-state index contributed by atoms with van der Waals surface area (Å²) in [6.45, 7) is 1.08. The van der Waals surface area contributed by atoms with Gasteiger partial charge in [-0.2, -0.15) is 0 Å². The van der Waals surface area contributed by atoms with Crippen molar-refractivity contribution in [1.82, 2.24) is 4.90 Å². The van der Waals surface area contributed by atoms with Crippen molar-refractivity contribution in [3.05, 3.63) is 35.1 Å². The van der Waals surface area contributed by atoms with Crippen molar-refractivity contribution < 1.29 is 4.39 Å². The molecule has 0 bridgehead atoms. The summed E-state index contributed by atoms with van der Waals surface area (Å²) in [6, 6.07) is 6.03. The number of halogens is 2. The molecule has 2 nitrogen and oxygen atoms in total. The van der Waals surface area contributed by atoms with Gasteiger partial charge in [0.2, 0.25) is 0 Å². The average Bonchev–Trinajstić information content (AvgIpc) is 2.88. The van der Waals surface area contributed by atoms with E-state index >= 15 is 0 Å². The number of hydrogen-bond donors (Lipinski definition) is 0. The molecule has 3 aliphatic rings. The summed E-state index contributed by atoms with van der Waals surface area (Å²) in [4.78, 5) is 7.21. The fraction of sp³-hybridized carbons (Fsp3) is 0.462. The molecule has 5 heteroatoms. The Hall–Kier alpha value is -0.740. The summed E-state index contributed by atoms with van der Waals surface area (Å²) >= 11 is 1.86. The summed E-state index contributed by atoms with van der Waals surface area (Å²) in [5.74, 6) is 1.02. The molecule has 1 fully saturated rings. The molecule has 1 saturated heterocycles. The molecular formula is C13H14ClFN2S. The number of fused-ring (bicyclic) bond motifs is 5. The van der Waals surface area contributed by atoms with E-state index in [1.807, 2.05) is 17.8 Å². The van der Waals surface area contributed by atoms with Gasteiger partial charge in [0.25, 0.3) is 0 Å². The Morgan fingerprint density at radius 3 is 3.17 bits per heavy atom. The molecule has 0 amide bonds. The molecule has 2 aliphatic heterocycles. The highest BCUT2D eigenvalue weighted by Gasteiger charge is 2.42. The predicted octanol–water partition coefficient (Wildman–Crippen LogP) is 3.02. The second-order valence-corrected chi connectivity index (χ2v) is 5.91. The first-order valence-electron chi connectivity index (χ1n) is 6.08. The van der Waals surface area contributed by atoms with Crippen molar-refractivity contribution in [2.24, 2.45) is 4.99 Å². The van der Waals surface area contributed by atoms with E-state index in [-0.39, 0.29) is 18.2 Å². The first-order chi connectivity index (χ1) is 8.33. The molecule has 0 N–H and O–H groups in total. The van der Waals surface area contributed by atoms with Crippen LogP contribution >= 0.6 is 24.2 Å². The van der Waals surface area contributed by atoms with Gasteiger partial charge in [-0.1, -0.05) is 17.8 Å². The predicted molar refractivity (Wildman–Crippen MR) is 75.1 cm³/mol. The smallest absolute Gasteiger partial charge is 0.160 e. The standard InChI is InChI=1S/C13H13FN2S.ClH/c14-9-2-3-10-8(7-9)1-4-11-12(10)16-5-6-17-13(16)15-11;/h2-3,7,11-12H,1,4-6H2;1H/t11-,12-;/m1./s1. The third-order valence-electron chi connectivity index (χ3n) is 3.92. The van der Waals surface area contributed by atoms with Gasteiger partial charge in [-0.3, -0.25) is 4.99 Å². The largest absolute Gasteiger partial charge is 0.341 e. The van der Waals surface area contributed by atoms with Gasteiger partial charge in [-0.05, 0) is 36.1 Å². The van der Waals surface area contributed by atoms with Crippen molar-refractivity contribution >= 4 is 29.3 Å². The minimum atomic E-state index is -0.114. The molecule has 0 saturated carbocycles. The van der Waals surface area contributed by atoms with Crippen LogP contribution in [0.25, 0.3) is 0 Å². The van der Waals surface area contributed by atoms with Crippen molar-refractivity contribution in [3.8, 4) is 0 Å². The van der Waals surface area contributed by atoms with Crippen LogP contribution in [0.5, 0.6) is 0 Å². The number of nitrogens with zero attached hydrogens (tertiary/aromatic N) is 2. The summed E-state index contributed by atoms with van der Waals surface area (Å²) < 4.78 is 13.3. The number of rotatable bonds is 0. The molecule has 1 aromatic carbocycles. The van der Waals surface area contributed by atoms with E-state index in [9.17, 15) is 4.39 Å². The molecule has 96 valence electrons. The van der Waals surface area contributed by atoms with Crippen LogP contribution in [0, 0.1) is 5.82 Å². The number of aliphatic imine (C=N–C) groups is 1. The van der Waals surface area contributed by atoms with E-state index in [2.05, 4.69) is 4.90 Å². The highest BCUT2D eigenvalue weighted by atomic mass is 35.5. The number of hydrogen-bond acceptors (Lipinski definition) is 3. The highest BCUT2D eigenvalue weighted by Crippen LogP contribution is 2.44. The van der Waals surface area contributed by atoms with Crippen molar-refractivity contribution in [1.29, 1.82) is 0 Å². The number of thioether (sulfide) groups is 1. The zero-order valence-corrected chi connectivity index (χ0v) is 11.4. The lowest BCUT2D eigenvalue weighted by Crippen LogP contribution is -2.33. The maximum atomic E-state index is 13.3. The van der Waals surface area contributed by atoms with Crippen LogP contribution in [0.3, 0.4) is 0 Å². The van der Waals surface area contributed by atoms with E-state index < -0.39 is 0 Å². The number of amidine groups is 1. The molecule has 0 spiro atoms. The normalized spacial score (nSPS) is 28.1. The van der Waals surface area contributed by atoms with E-state index in [0.29, 0.717) is 12.1 Å². The lowest BCUT2D eigenvalue weighted by Gasteiger charge is -2.32. The molecule has 2 heterocycles. The molecule has 1 aliphatic carbocycles. The van der Waals surface area contributed by atoms with Gasteiger partial charge in [0.15, 0.2) is 5.17 Å². The topological polar surface area (TPSA) is 15.6 Å². The molecule has 0 unspecified atom stereocenters. The van der Waals surface area contributed by atoms with Gasteiger partial charge in [-0.15, -0.1) is 12.4 Å². The summed E-state index contributed by atoms with van der Waals surface area (Å²) in [6.07, 6.45) is 2.02. The fourth-order valence-corrected chi connectivity index (χ4v) is 4.23. The van der Waals surface area contributed by atoms with Gasteiger partial charge >= 0.3 is 0 Å². The maximum Gasteiger partial charge on any atom is 0.160 e. The third kappa shape index (κ3) is 1.66. The monoisotopic (exact) mass is 284 g/mol. The molecule has 18 heavy (non-hydrogen) atoms. The minimum Gasteiger partial charge on any atom is -0.341 e. The molecule has 4 rings (SSSR count). The first-order valence-corrected chi connectivity index (χ1v) is 7.07.